The van der Waals surface area contributed by atoms with Crippen molar-refractivity contribution in [2.45, 2.75) is 95.9 Å². The summed E-state index contributed by atoms with van der Waals surface area (Å²) >= 11 is 0. The highest BCUT2D eigenvalue weighted by molar-refractivity contribution is 6.20. The Morgan fingerprint density at radius 1 is 0.178 bits per heavy atom. The number of nitrogens with zero attached hydrogens (tertiary/aromatic N) is 12. The van der Waals surface area contributed by atoms with Gasteiger partial charge in [0, 0.05) is 88.9 Å². The first kappa shape index (κ1) is 92.5. The average Bonchev–Trinajstić information content (AvgIpc) is 1.57. The lowest BCUT2D eigenvalue weighted by atomic mass is 9.93. The fourth-order valence-corrected chi connectivity index (χ4v) is 23.8. The number of benzene rings is 16. The molecule has 0 atom stereocenters. The van der Waals surface area contributed by atoms with Crippen LogP contribution in [0.2, 0.25) is 0 Å². The predicted molar refractivity (Wildman–Crippen MR) is 609 cm³/mol. The number of pyridine rings is 6. The van der Waals surface area contributed by atoms with E-state index in [9.17, 15) is 0 Å². The van der Waals surface area contributed by atoms with E-state index >= 15 is 0 Å². The number of rotatable bonds is 5. The number of fused-ring (bicyclic) bond motifs is 36. The van der Waals surface area contributed by atoms with Gasteiger partial charge in [0.05, 0.1) is 11.1 Å². The highest BCUT2D eigenvalue weighted by Crippen LogP contribution is 2.44. The van der Waals surface area contributed by atoms with Gasteiger partial charge < -0.3 is 0 Å². The van der Waals surface area contributed by atoms with E-state index < -0.39 is 0 Å². The van der Waals surface area contributed by atoms with Gasteiger partial charge in [0.25, 0.3) is 0 Å². The first-order chi connectivity index (χ1) is 70.9. The van der Waals surface area contributed by atoms with Gasteiger partial charge in [0.2, 0.25) is 12.4 Å². The summed E-state index contributed by atoms with van der Waals surface area (Å²) in [7, 11) is 12.7. The van der Waals surface area contributed by atoms with Crippen LogP contribution in [0.1, 0.15) is 86.5 Å². The van der Waals surface area contributed by atoms with Crippen molar-refractivity contribution < 1.29 is 28.1 Å². The minimum absolute atomic E-state index is 0.545. The van der Waals surface area contributed by atoms with Crippen molar-refractivity contribution >= 4 is 163 Å². The van der Waals surface area contributed by atoms with Crippen LogP contribution >= 0.6 is 0 Å². The summed E-state index contributed by atoms with van der Waals surface area (Å²) in [5, 5.41) is 23.6. The summed E-state index contributed by atoms with van der Waals surface area (Å²) in [5.74, 6) is 0.545. The van der Waals surface area contributed by atoms with Crippen molar-refractivity contribution in [3.8, 4) is 44.5 Å². The molecule has 0 bridgehead atoms. The summed E-state index contributed by atoms with van der Waals surface area (Å²) in [5.41, 5.74) is 41.4. The minimum atomic E-state index is 0.545. The Balaban J connectivity index is 0.0000000969. The first-order valence-electron chi connectivity index (χ1n) is 51.0. The maximum atomic E-state index is 2.38. The van der Waals surface area contributed by atoms with Crippen LogP contribution in [0, 0.1) is 76.2 Å². The average molecular weight is 1900 g/mol. The largest absolute Gasteiger partial charge is 0.204 e. The molecule has 0 spiro atoms. The molecule has 16 aromatic carbocycles. The van der Waals surface area contributed by atoms with E-state index in [1.807, 2.05) is 0 Å². The Bertz CT molecular complexity index is 10200. The number of hydrogen-bond acceptors (Lipinski definition) is 0. The molecule has 12 nitrogen and oxygen atoms in total. The van der Waals surface area contributed by atoms with E-state index in [1.165, 1.54) is 274 Å². The normalized spacial score (nSPS) is 11.7. The van der Waals surface area contributed by atoms with E-state index in [2.05, 4.69) is 577 Å². The summed E-state index contributed by atoms with van der Waals surface area (Å²) in [6.07, 6.45) is 13.1. The summed E-state index contributed by atoms with van der Waals surface area (Å²) in [6.45, 7) is 28.6. The Morgan fingerprint density at radius 3 is 0.842 bits per heavy atom. The molecule has 0 N–H and O–H groups in total. The summed E-state index contributed by atoms with van der Waals surface area (Å²) in [6, 6.07) is 128. The zero-order valence-corrected chi connectivity index (χ0v) is 86.9. The molecule has 0 fully saturated rings. The van der Waals surface area contributed by atoms with Crippen LogP contribution in [-0.4, -0.2) is 27.1 Å². The molecular weight excluding hydrogens is 1780 g/mol. The van der Waals surface area contributed by atoms with Crippen molar-refractivity contribution in [2.75, 3.05) is 0 Å². The van der Waals surface area contributed by atoms with E-state index in [4.69, 9.17) is 0 Å². The topological polar surface area (TPSA) is 49.7 Å². The van der Waals surface area contributed by atoms with Crippen LogP contribution in [0.5, 0.6) is 0 Å². The Hall–Kier alpha value is -17.2. The lowest BCUT2D eigenvalue weighted by Crippen LogP contribution is -2.34. The van der Waals surface area contributed by atoms with E-state index in [-0.39, 0.29) is 0 Å². The summed E-state index contributed by atoms with van der Waals surface area (Å²) in [4.78, 5) is 0. The van der Waals surface area contributed by atoms with E-state index in [1.54, 1.807) is 0 Å². The van der Waals surface area contributed by atoms with Crippen molar-refractivity contribution in [2.24, 2.45) is 42.3 Å². The van der Waals surface area contributed by atoms with Gasteiger partial charge in [0.15, 0.2) is 67.1 Å². The second-order valence-corrected chi connectivity index (χ2v) is 40.6. The van der Waals surface area contributed by atoms with Gasteiger partial charge in [-0.3, -0.25) is 0 Å². The molecule has 12 heterocycles. The molecule has 12 heteroatoms. The van der Waals surface area contributed by atoms with Gasteiger partial charge in [-0.15, -0.1) is 55.2 Å². The zero-order chi connectivity index (χ0) is 101. The quantitative estimate of drug-likeness (QED) is 0.122. The van der Waals surface area contributed by atoms with Gasteiger partial charge in [-0.25, -0.2) is 0 Å². The molecule has 28 rings (SSSR count). The van der Waals surface area contributed by atoms with Crippen LogP contribution in [0.4, 0.5) is 0 Å². The minimum Gasteiger partial charge on any atom is -0.120 e. The van der Waals surface area contributed by atoms with E-state index in [0.29, 0.717) is 5.92 Å². The fraction of sp³-hybridized carbons (Fsp3) is 0.149. The Morgan fingerprint density at radius 2 is 0.452 bits per heavy atom. The van der Waals surface area contributed by atoms with Gasteiger partial charge in [-0.2, -0.15) is 0 Å². The smallest absolute Gasteiger partial charge is 0.120 e. The Kier molecular flexibility index (Phi) is 23.4. The Labute approximate surface area is 851 Å². The third-order valence-corrected chi connectivity index (χ3v) is 30.7. The maximum Gasteiger partial charge on any atom is 0.204 e. The highest BCUT2D eigenvalue weighted by atomic mass is 15.4. The second-order valence-electron chi connectivity index (χ2n) is 40.6. The van der Waals surface area contributed by atoms with Crippen molar-refractivity contribution in [3.63, 3.8) is 0 Å². The van der Waals surface area contributed by atoms with Crippen molar-refractivity contribution in [1.29, 1.82) is 0 Å². The number of para-hydroxylation sites is 6. The zero-order valence-electron chi connectivity index (χ0n) is 86.9. The molecule has 28 aromatic rings. The van der Waals surface area contributed by atoms with Gasteiger partial charge in [-0.1, -0.05) is 335 Å². The van der Waals surface area contributed by atoms with Crippen molar-refractivity contribution in [3.05, 3.63) is 456 Å². The molecule has 0 saturated heterocycles. The molecule has 0 unspecified atom stereocenters. The molecule has 712 valence electrons. The van der Waals surface area contributed by atoms with Crippen molar-refractivity contribution in [1.82, 2.24) is 27.1 Å². The predicted octanol–water partition coefficient (Wildman–Crippen LogP) is 29.6. The molecule has 0 amide bonds. The van der Waals surface area contributed by atoms with Gasteiger partial charge >= 0.3 is 0 Å². The maximum absolute atomic E-state index is 2.38. The monoisotopic (exact) mass is 1900 g/mol. The first-order valence-corrected chi connectivity index (χ1v) is 51.0. The molecule has 0 aliphatic rings. The van der Waals surface area contributed by atoms with Crippen LogP contribution in [0.15, 0.2) is 389 Å². The van der Waals surface area contributed by atoms with Crippen LogP contribution in [-0.2, 0) is 42.3 Å². The SMILES string of the molecule is Cc1ccc2c(c1)c1cccc(C)c1n1c2cc[n+]1C.Cc1cccc(C)c1-c1c[n+](C)n2c3c(C)cccc3c3ccccc3c12.Cc1cccc(C)c1-c1ccc2c(c1)c1cccc(C)c1n1c2cc[n+]1C.Cc1cccc2c3cc(-c4ccccc4)ccc3c3cc[n+](C)n3c12.Cc1cccc2c3cc(C(C)C)ccc3c3cc[n+](C)n3c12.Cc1cccc2c3ccccc3c3c(-c4ccccc4)c[n+](C)n3c12. The summed E-state index contributed by atoms with van der Waals surface area (Å²) < 4.78 is 27.1. The standard InChI is InChI=1S/2C25H23N2.2C23H19N2.C20H21N2.C18H17N2/c1-16-7-5-8-17(2)24(16)19-11-12-20-22(15-19)21-10-6-9-18(3)25(21)27-23(20)13-14-26(27)4;1-16-9-7-10-17(2)23(16)22-15-26(4)27-24-18(3)11-8-14-20(24)19-12-5-6-13-21(19)25(22)27;1-16-9-8-14-19-18-12-6-7-13-20(18)23-21(17-10-4-3-5-11-17)15-24(2)25(23)22(16)19;1-16-7-6-10-20-21-15-18(17-8-4-3-5-9-17)11-12-19(21)22-13-14-24(2)25(22)23(16)20;1-13(2)15-8-9-16-18(12-15)17-7-5-6-14(3)20(17)22-19(16)10-11-21(22)4;1-12-7-8-14-16(11-12)15-6-4-5-13(2)18(15)20-17(14)9-10-19(20)3/h2*5-15H,1-4H3;2*3-15H,1-2H3;5-13H,1-4H3;4-11H,1-3H3/q6*+1. The van der Waals surface area contributed by atoms with Crippen LogP contribution < -0.4 is 28.1 Å². The number of aromatic nitrogens is 12. The molecule has 0 saturated carbocycles. The van der Waals surface area contributed by atoms with E-state index in [0.717, 1.165) is 0 Å². The fourth-order valence-electron chi connectivity index (χ4n) is 23.8. The molecule has 0 aliphatic heterocycles. The van der Waals surface area contributed by atoms with Gasteiger partial charge in [-0.05, 0) is 221 Å². The molecule has 146 heavy (non-hydrogen) atoms. The third kappa shape index (κ3) is 15.4. The third-order valence-electron chi connectivity index (χ3n) is 30.7. The van der Waals surface area contributed by atoms with Crippen LogP contribution in [0.3, 0.4) is 0 Å². The lowest BCUT2D eigenvalue weighted by Gasteiger charge is -2.13. The molecule has 0 radical (unpaired) electrons. The second kappa shape index (κ2) is 36.9. The molecule has 12 aromatic heterocycles. The van der Waals surface area contributed by atoms with Gasteiger partial charge in [0.1, 0.15) is 66.2 Å². The number of aryl methyl sites for hydroxylation is 17. The van der Waals surface area contributed by atoms with Crippen LogP contribution in [0.25, 0.3) is 208 Å². The molecular formula is C134H122N12+6. The number of hydrogen-bond donors (Lipinski definition) is 0. The lowest BCUT2D eigenvalue weighted by molar-refractivity contribution is -0.735. The molecule has 0 aliphatic carbocycles. The highest BCUT2D eigenvalue weighted by Gasteiger charge is 2.29.